The van der Waals surface area contributed by atoms with Gasteiger partial charge in [-0.1, -0.05) is 41.4 Å². The summed E-state index contributed by atoms with van der Waals surface area (Å²) in [5, 5.41) is 3.64. The number of nitrogens with one attached hydrogen (secondary N) is 1. The van der Waals surface area contributed by atoms with Crippen LogP contribution in [0.15, 0.2) is 65.6 Å². The van der Waals surface area contributed by atoms with Gasteiger partial charge in [-0.15, -0.1) is 0 Å². The molecule has 0 heterocycles. The molecule has 1 N–H and O–H groups in total. The monoisotopic (exact) mass is 586 g/mol. The van der Waals surface area contributed by atoms with E-state index >= 15 is 0 Å². The minimum atomic E-state index is -4.34. The van der Waals surface area contributed by atoms with Gasteiger partial charge in [-0.25, -0.2) is 12.8 Å². The number of carbonyl (C=O) groups excluding carboxylic acids is 1. The smallest absolute Gasteiger partial charge is 0.265 e. The Labute approximate surface area is 229 Å². The topological polar surface area (TPSA) is 84.9 Å². The first-order valence-corrected chi connectivity index (χ1v) is 14.3. The second-order valence-electron chi connectivity index (χ2n) is 7.63. The number of benzene rings is 3. The normalized spacial score (nSPS) is 11.2. The van der Waals surface area contributed by atoms with Crippen molar-refractivity contribution in [2.24, 2.45) is 0 Å². The number of rotatable bonds is 12. The standard InChI is InChI=1S/C25H25Cl2FN2O5S2/c1-34-23-10-8-18(14-24(23)35-2)37(32,33)30(22-6-4-3-5-21(22)28)15-25(31)29-11-12-36-16-17-7-9-19(26)20(27)13-17/h3-10,13-14H,11-12,15-16H2,1-2H3,(H,29,31). The molecule has 0 radical (unpaired) electrons. The molecule has 0 spiro atoms. The Kier molecular flexibility index (Phi) is 10.3. The van der Waals surface area contributed by atoms with Crippen LogP contribution in [0.1, 0.15) is 5.56 Å². The molecule has 0 aromatic heterocycles. The van der Waals surface area contributed by atoms with Gasteiger partial charge in [0.05, 0.1) is 34.8 Å². The number of carbonyl (C=O) groups is 1. The van der Waals surface area contributed by atoms with Crippen LogP contribution in [-0.2, 0) is 20.6 Å². The largest absolute Gasteiger partial charge is 0.493 e. The zero-order valence-corrected chi connectivity index (χ0v) is 23.2. The number of amides is 1. The molecule has 0 unspecified atom stereocenters. The Morgan fingerprint density at radius 2 is 1.73 bits per heavy atom. The summed E-state index contributed by atoms with van der Waals surface area (Å²) in [6.45, 7) is -0.332. The van der Waals surface area contributed by atoms with E-state index in [1.54, 1.807) is 23.9 Å². The molecular weight excluding hydrogens is 562 g/mol. The van der Waals surface area contributed by atoms with Crippen molar-refractivity contribution in [3.8, 4) is 11.5 Å². The van der Waals surface area contributed by atoms with E-state index in [-0.39, 0.29) is 22.9 Å². The van der Waals surface area contributed by atoms with E-state index in [2.05, 4.69) is 5.32 Å². The van der Waals surface area contributed by atoms with Crippen molar-refractivity contribution in [3.05, 3.63) is 82.1 Å². The van der Waals surface area contributed by atoms with Gasteiger partial charge in [-0.2, -0.15) is 11.8 Å². The lowest BCUT2D eigenvalue weighted by Gasteiger charge is -2.25. The molecule has 0 atom stereocenters. The number of halogens is 3. The number of sulfonamides is 1. The number of hydrogen-bond donors (Lipinski definition) is 1. The van der Waals surface area contributed by atoms with E-state index in [9.17, 15) is 17.6 Å². The summed E-state index contributed by atoms with van der Waals surface area (Å²) in [5.74, 6) is 0.366. The minimum Gasteiger partial charge on any atom is -0.493 e. The first kappa shape index (κ1) is 28.9. The lowest BCUT2D eigenvalue weighted by atomic mass is 10.2. The van der Waals surface area contributed by atoms with Crippen LogP contribution in [0.4, 0.5) is 10.1 Å². The van der Waals surface area contributed by atoms with Crippen LogP contribution in [-0.4, -0.2) is 47.4 Å². The average molecular weight is 588 g/mol. The van der Waals surface area contributed by atoms with Gasteiger partial charge in [0, 0.05) is 24.1 Å². The summed E-state index contributed by atoms with van der Waals surface area (Å²) in [4.78, 5) is 12.5. The third-order valence-electron chi connectivity index (χ3n) is 5.17. The second kappa shape index (κ2) is 13.2. The highest BCUT2D eigenvalue weighted by atomic mass is 35.5. The summed E-state index contributed by atoms with van der Waals surface area (Å²) < 4.78 is 52.8. The number of methoxy groups -OCH3 is 2. The Hall–Kier alpha value is -2.66. The lowest BCUT2D eigenvalue weighted by molar-refractivity contribution is -0.119. The van der Waals surface area contributed by atoms with E-state index in [0.717, 1.165) is 15.9 Å². The molecular formula is C25H25Cl2FN2O5S2. The van der Waals surface area contributed by atoms with Gasteiger partial charge < -0.3 is 14.8 Å². The molecule has 3 rings (SSSR count). The van der Waals surface area contributed by atoms with Crippen molar-refractivity contribution < 1.29 is 27.1 Å². The maximum absolute atomic E-state index is 14.7. The summed E-state index contributed by atoms with van der Waals surface area (Å²) in [6.07, 6.45) is 0. The predicted octanol–water partition coefficient (Wildman–Crippen LogP) is 5.39. The number of ether oxygens (including phenoxy) is 2. The van der Waals surface area contributed by atoms with Crippen molar-refractivity contribution in [2.75, 3.05) is 37.4 Å². The molecule has 198 valence electrons. The molecule has 37 heavy (non-hydrogen) atoms. The summed E-state index contributed by atoms with van der Waals surface area (Å²) >= 11 is 13.5. The Bertz CT molecular complexity index is 1360. The van der Waals surface area contributed by atoms with Gasteiger partial charge in [0.15, 0.2) is 11.5 Å². The summed E-state index contributed by atoms with van der Waals surface area (Å²) in [6, 6.07) is 14.7. The number of nitrogens with zero attached hydrogens (tertiary/aromatic N) is 1. The van der Waals surface area contributed by atoms with E-state index in [4.69, 9.17) is 32.7 Å². The van der Waals surface area contributed by atoms with Gasteiger partial charge in [0.25, 0.3) is 10.0 Å². The molecule has 3 aromatic carbocycles. The van der Waals surface area contributed by atoms with Crippen molar-refractivity contribution in [1.82, 2.24) is 5.32 Å². The summed E-state index contributed by atoms with van der Waals surface area (Å²) in [5.41, 5.74) is 0.735. The fraction of sp³-hybridized carbons (Fsp3) is 0.240. The van der Waals surface area contributed by atoms with Crippen LogP contribution in [0.3, 0.4) is 0 Å². The van der Waals surface area contributed by atoms with Crippen LogP contribution in [0.2, 0.25) is 10.0 Å². The third kappa shape index (κ3) is 7.44. The molecule has 0 aliphatic heterocycles. The minimum absolute atomic E-state index is 0.181. The highest BCUT2D eigenvalue weighted by Gasteiger charge is 2.30. The highest BCUT2D eigenvalue weighted by Crippen LogP contribution is 2.33. The van der Waals surface area contributed by atoms with Crippen LogP contribution < -0.4 is 19.1 Å². The molecule has 12 heteroatoms. The molecule has 0 aliphatic carbocycles. The quantitative estimate of drug-likeness (QED) is 0.286. The average Bonchev–Trinajstić information content (AvgIpc) is 2.89. The van der Waals surface area contributed by atoms with Crippen molar-refractivity contribution in [1.29, 1.82) is 0 Å². The number of thioether (sulfide) groups is 1. The Balaban J connectivity index is 1.71. The lowest BCUT2D eigenvalue weighted by Crippen LogP contribution is -2.41. The molecule has 7 nitrogen and oxygen atoms in total. The van der Waals surface area contributed by atoms with Crippen molar-refractivity contribution >= 4 is 56.6 Å². The van der Waals surface area contributed by atoms with Gasteiger partial charge in [-0.05, 0) is 42.0 Å². The number of hydrogen-bond acceptors (Lipinski definition) is 6. The first-order valence-electron chi connectivity index (χ1n) is 10.9. The molecule has 0 fully saturated rings. The third-order valence-corrected chi connectivity index (χ3v) is 8.70. The zero-order chi connectivity index (χ0) is 27.0. The van der Waals surface area contributed by atoms with Gasteiger partial charge in [0.1, 0.15) is 12.4 Å². The number of para-hydroxylation sites is 1. The SMILES string of the molecule is COc1ccc(S(=O)(=O)N(CC(=O)NCCSCc2ccc(Cl)c(Cl)c2)c2ccccc2F)cc1OC. The molecule has 0 saturated heterocycles. The number of anilines is 1. The molecule has 0 aliphatic rings. The van der Waals surface area contributed by atoms with E-state index in [1.807, 2.05) is 6.07 Å². The molecule has 3 aromatic rings. The van der Waals surface area contributed by atoms with Crippen LogP contribution in [0.25, 0.3) is 0 Å². The van der Waals surface area contributed by atoms with Crippen molar-refractivity contribution in [2.45, 2.75) is 10.6 Å². The van der Waals surface area contributed by atoms with E-state index in [0.29, 0.717) is 27.3 Å². The van der Waals surface area contributed by atoms with Crippen molar-refractivity contribution in [3.63, 3.8) is 0 Å². The molecule has 0 saturated carbocycles. The predicted molar refractivity (Wildman–Crippen MR) is 146 cm³/mol. The van der Waals surface area contributed by atoms with E-state index < -0.39 is 28.3 Å². The fourth-order valence-electron chi connectivity index (χ4n) is 3.33. The zero-order valence-electron chi connectivity index (χ0n) is 20.0. The fourth-order valence-corrected chi connectivity index (χ4v) is 5.90. The highest BCUT2D eigenvalue weighted by molar-refractivity contribution is 7.98. The second-order valence-corrected chi connectivity index (χ2v) is 11.4. The summed E-state index contributed by atoms with van der Waals surface area (Å²) in [7, 11) is -1.55. The van der Waals surface area contributed by atoms with Gasteiger partial charge >= 0.3 is 0 Å². The van der Waals surface area contributed by atoms with Crippen LogP contribution in [0.5, 0.6) is 11.5 Å². The maximum atomic E-state index is 14.7. The van der Waals surface area contributed by atoms with Crippen LogP contribution >= 0.6 is 35.0 Å². The Morgan fingerprint density at radius 1 is 1.00 bits per heavy atom. The molecule has 1 amide bonds. The van der Waals surface area contributed by atoms with Gasteiger partial charge in [-0.3, -0.25) is 9.10 Å². The Morgan fingerprint density at radius 3 is 2.41 bits per heavy atom. The maximum Gasteiger partial charge on any atom is 0.265 e. The molecule has 0 bridgehead atoms. The van der Waals surface area contributed by atoms with Gasteiger partial charge in [0.2, 0.25) is 5.91 Å². The van der Waals surface area contributed by atoms with E-state index in [1.165, 1.54) is 50.6 Å². The first-order chi connectivity index (χ1) is 17.7. The van der Waals surface area contributed by atoms with Crippen LogP contribution in [0, 0.1) is 5.82 Å².